The molecular weight excluding hydrogens is 340 g/mol. The molecule has 0 aliphatic rings. The summed E-state index contributed by atoms with van der Waals surface area (Å²) in [6.45, 7) is 5.52. The molecule has 7 heteroatoms. The number of benzene rings is 2. The Balaban J connectivity index is 1.80. The van der Waals surface area contributed by atoms with Crippen LogP contribution in [0.3, 0.4) is 0 Å². The quantitative estimate of drug-likeness (QED) is 0.642. The first-order valence-electron chi connectivity index (χ1n) is 9.06. The minimum Gasteiger partial charge on any atom is -0.324 e. The van der Waals surface area contributed by atoms with Crippen molar-refractivity contribution < 1.29 is 4.79 Å². The van der Waals surface area contributed by atoms with Gasteiger partial charge in [0.1, 0.15) is 11.9 Å². The van der Waals surface area contributed by atoms with Crippen molar-refractivity contribution in [3.8, 4) is 0 Å². The zero-order valence-corrected chi connectivity index (χ0v) is 15.6. The summed E-state index contributed by atoms with van der Waals surface area (Å²) < 4.78 is 1.57. The Morgan fingerprint density at radius 3 is 2.59 bits per heavy atom. The van der Waals surface area contributed by atoms with Crippen molar-refractivity contribution in [2.45, 2.75) is 32.9 Å². The maximum atomic E-state index is 13.0. The van der Waals surface area contributed by atoms with E-state index in [2.05, 4.69) is 33.1 Å². The third kappa shape index (κ3) is 4.98. The van der Waals surface area contributed by atoms with Gasteiger partial charge in [0.15, 0.2) is 0 Å². The highest BCUT2D eigenvalue weighted by Crippen LogP contribution is 2.18. The number of nitrogens with one attached hydrogen (secondary N) is 2. The lowest BCUT2D eigenvalue weighted by Gasteiger charge is -2.18. The van der Waals surface area contributed by atoms with E-state index >= 15 is 0 Å². The molecule has 0 bridgehead atoms. The van der Waals surface area contributed by atoms with Crippen LogP contribution in [0, 0.1) is 6.92 Å². The van der Waals surface area contributed by atoms with Crippen LogP contribution in [0.1, 0.15) is 29.9 Å². The number of anilines is 1. The smallest absolute Gasteiger partial charge is 0.249 e. The molecule has 1 atom stereocenters. The van der Waals surface area contributed by atoms with Gasteiger partial charge in [0.05, 0.1) is 0 Å². The Morgan fingerprint density at radius 1 is 1.11 bits per heavy atom. The maximum Gasteiger partial charge on any atom is 0.249 e. The summed E-state index contributed by atoms with van der Waals surface area (Å²) in [5.41, 5.74) is 2.93. The molecule has 140 valence electrons. The Bertz CT molecular complexity index is 877. The van der Waals surface area contributed by atoms with Crippen LogP contribution in [0.15, 0.2) is 54.6 Å². The molecule has 27 heavy (non-hydrogen) atoms. The summed E-state index contributed by atoms with van der Waals surface area (Å²) in [7, 11) is 0. The van der Waals surface area contributed by atoms with Crippen molar-refractivity contribution in [2.24, 2.45) is 0 Å². The van der Waals surface area contributed by atoms with Crippen LogP contribution in [0.2, 0.25) is 0 Å². The van der Waals surface area contributed by atoms with Crippen LogP contribution in [0.25, 0.3) is 0 Å². The number of rotatable bonds is 8. The van der Waals surface area contributed by atoms with Crippen molar-refractivity contribution in [1.29, 1.82) is 0 Å². The van der Waals surface area contributed by atoms with Gasteiger partial charge in [-0.05, 0) is 47.2 Å². The number of hydrogen-bond donors (Lipinski definition) is 2. The van der Waals surface area contributed by atoms with Crippen LogP contribution < -0.4 is 10.6 Å². The highest BCUT2D eigenvalue weighted by Gasteiger charge is 2.24. The highest BCUT2D eigenvalue weighted by molar-refractivity contribution is 5.94. The SMILES string of the molecule is CCNCc1cccc(NC(=O)C(Cc2ccccc2)n2nnnc2C)c1. The molecule has 0 fully saturated rings. The molecule has 0 saturated carbocycles. The third-order valence-corrected chi connectivity index (χ3v) is 4.30. The summed E-state index contributed by atoms with van der Waals surface area (Å²) in [6.07, 6.45) is 0.510. The van der Waals surface area contributed by atoms with Gasteiger partial charge in [0.2, 0.25) is 5.91 Å². The van der Waals surface area contributed by atoms with Crippen LogP contribution in [0.5, 0.6) is 0 Å². The fourth-order valence-corrected chi connectivity index (χ4v) is 2.91. The summed E-state index contributed by atoms with van der Waals surface area (Å²) in [4.78, 5) is 13.0. The van der Waals surface area contributed by atoms with Gasteiger partial charge in [0, 0.05) is 18.7 Å². The molecule has 2 N–H and O–H groups in total. The second kappa shape index (κ2) is 9.05. The zero-order chi connectivity index (χ0) is 19.1. The first kappa shape index (κ1) is 18.7. The lowest BCUT2D eigenvalue weighted by Crippen LogP contribution is -2.29. The molecule has 1 aromatic heterocycles. The third-order valence-electron chi connectivity index (χ3n) is 4.30. The van der Waals surface area contributed by atoms with Crippen molar-refractivity contribution in [3.05, 3.63) is 71.5 Å². The van der Waals surface area contributed by atoms with Crippen LogP contribution in [-0.4, -0.2) is 32.7 Å². The summed E-state index contributed by atoms with van der Waals surface area (Å²) >= 11 is 0. The minimum atomic E-state index is -0.528. The lowest BCUT2D eigenvalue weighted by atomic mass is 10.0. The predicted octanol–water partition coefficient (Wildman–Crippen LogP) is 2.51. The van der Waals surface area contributed by atoms with Gasteiger partial charge in [-0.1, -0.05) is 49.4 Å². The van der Waals surface area contributed by atoms with Crippen LogP contribution in [0.4, 0.5) is 5.69 Å². The summed E-state index contributed by atoms with van der Waals surface area (Å²) in [5.74, 6) is 0.460. The molecule has 1 heterocycles. The molecule has 1 amide bonds. The van der Waals surface area contributed by atoms with Crippen LogP contribution in [-0.2, 0) is 17.8 Å². The van der Waals surface area contributed by atoms with E-state index < -0.39 is 6.04 Å². The van der Waals surface area contributed by atoms with E-state index in [0.29, 0.717) is 12.2 Å². The van der Waals surface area contributed by atoms with Gasteiger partial charge in [-0.2, -0.15) is 0 Å². The molecular formula is C20H24N6O. The van der Waals surface area contributed by atoms with E-state index in [9.17, 15) is 4.79 Å². The van der Waals surface area contributed by atoms with Crippen molar-refractivity contribution >= 4 is 11.6 Å². The molecule has 7 nitrogen and oxygen atoms in total. The molecule has 0 spiro atoms. The summed E-state index contributed by atoms with van der Waals surface area (Å²) in [6, 6.07) is 17.2. The summed E-state index contributed by atoms with van der Waals surface area (Å²) in [5, 5.41) is 17.9. The molecule has 1 unspecified atom stereocenters. The van der Waals surface area contributed by atoms with Gasteiger partial charge in [-0.15, -0.1) is 5.10 Å². The number of nitrogens with zero attached hydrogens (tertiary/aromatic N) is 4. The maximum absolute atomic E-state index is 13.0. The number of carbonyl (C=O) groups is 1. The fourth-order valence-electron chi connectivity index (χ4n) is 2.91. The van der Waals surface area contributed by atoms with E-state index in [1.807, 2.05) is 54.6 Å². The van der Waals surface area contributed by atoms with E-state index in [4.69, 9.17) is 0 Å². The zero-order valence-electron chi connectivity index (χ0n) is 15.6. The monoisotopic (exact) mass is 364 g/mol. The molecule has 0 aliphatic carbocycles. The predicted molar refractivity (Wildman–Crippen MR) is 104 cm³/mol. The Morgan fingerprint density at radius 2 is 1.89 bits per heavy atom. The van der Waals surface area contributed by atoms with Gasteiger partial charge in [-0.25, -0.2) is 4.68 Å². The number of aryl methyl sites for hydroxylation is 1. The molecule has 0 saturated heterocycles. The molecule has 2 aromatic carbocycles. The van der Waals surface area contributed by atoms with Gasteiger partial charge in [-0.3, -0.25) is 4.79 Å². The first-order valence-corrected chi connectivity index (χ1v) is 9.06. The first-order chi connectivity index (χ1) is 13.2. The van der Waals surface area contributed by atoms with Gasteiger partial charge in [0.25, 0.3) is 0 Å². The number of amides is 1. The van der Waals surface area contributed by atoms with Gasteiger partial charge >= 0.3 is 0 Å². The number of hydrogen-bond acceptors (Lipinski definition) is 5. The molecule has 3 aromatic rings. The average Bonchev–Trinajstić information content (AvgIpc) is 3.11. The largest absolute Gasteiger partial charge is 0.324 e. The number of tetrazole rings is 1. The van der Waals surface area contributed by atoms with Crippen molar-refractivity contribution in [3.63, 3.8) is 0 Å². The topological polar surface area (TPSA) is 84.7 Å². The van der Waals surface area contributed by atoms with E-state index in [1.54, 1.807) is 11.6 Å². The second-order valence-electron chi connectivity index (χ2n) is 6.35. The van der Waals surface area contributed by atoms with Gasteiger partial charge < -0.3 is 10.6 Å². The van der Waals surface area contributed by atoms with E-state index in [0.717, 1.165) is 29.9 Å². The van der Waals surface area contributed by atoms with Crippen molar-refractivity contribution in [2.75, 3.05) is 11.9 Å². The molecule has 0 radical (unpaired) electrons. The van der Waals surface area contributed by atoms with Crippen molar-refractivity contribution in [1.82, 2.24) is 25.5 Å². The normalized spacial score (nSPS) is 11.9. The lowest BCUT2D eigenvalue weighted by molar-refractivity contribution is -0.119. The number of carbonyl (C=O) groups excluding carboxylic acids is 1. The van der Waals surface area contributed by atoms with E-state index in [1.165, 1.54) is 0 Å². The Labute approximate surface area is 158 Å². The minimum absolute atomic E-state index is 0.144. The second-order valence-corrected chi connectivity index (χ2v) is 6.35. The highest BCUT2D eigenvalue weighted by atomic mass is 16.2. The van der Waals surface area contributed by atoms with Crippen LogP contribution >= 0.6 is 0 Å². The molecule has 3 rings (SSSR count). The average molecular weight is 364 g/mol. The fraction of sp³-hybridized carbons (Fsp3) is 0.300. The Hall–Kier alpha value is -3.06. The molecule has 0 aliphatic heterocycles. The van der Waals surface area contributed by atoms with E-state index in [-0.39, 0.29) is 5.91 Å². The Kier molecular flexibility index (Phi) is 6.27. The number of aromatic nitrogens is 4. The standard InChI is InChI=1S/C20H24N6O/c1-3-21-14-17-10-7-11-18(12-17)22-20(27)19(26-15(2)23-24-25-26)13-16-8-5-4-6-9-16/h4-12,19,21H,3,13-14H2,1-2H3,(H,22,27).